The molecule has 2 aliphatic rings. The molecule has 2 aliphatic carbocycles. The third-order valence-corrected chi connectivity index (χ3v) is 7.73. The Hall–Kier alpha value is 0.420. The maximum atomic E-state index is 11.3. The van der Waals surface area contributed by atoms with Crippen molar-refractivity contribution in [3.05, 3.63) is 10.1 Å². The van der Waals surface area contributed by atoms with Crippen molar-refractivity contribution >= 4 is 81.5 Å². The monoisotopic (exact) mass is 386 g/mol. The maximum absolute atomic E-state index is 11.3. The summed E-state index contributed by atoms with van der Waals surface area (Å²) in [5, 5.41) is 17.8. The number of rotatable bonds is 2. The van der Waals surface area contributed by atoms with Gasteiger partial charge in [0.2, 0.25) is 0 Å². The molecule has 106 valence electrons. The average Bonchev–Trinajstić information content (AvgIpc) is 2.48. The van der Waals surface area contributed by atoms with Crippen molar-refractivity contribution in [3.63, 3.8) is 0 Å². The highest BCUT2D eigenvalue weighted by Gasteiger charge is 2.85. The van der Waals surface area contributed by atoms with Gasteiger partial charge in [0.15, 0.2) is 4.33 Å². The van der Waals surface area contributed by atoms with Crippen LogP contribution in [-0.4, -0.2) is 36.2 Å². The van der Waals surface area contributed by atoms with E-state index in [1.807, 2.05) is 0 Å². The van der Waals surface area contributed by atoms with Crippen LogP contribution in [0.5, 0.6) is 0 Å². The van der Waals surface area contributed by atoms with Crippen molar-refractivity contribution in [2.45, 2.75) is 14.1 Å². The van der Waals surface area contributed by atoms with Crippen LogP contribution in [0, 0.1) is 11.8 Å². The molecule has 0 spiro atoms. The van der Waals surface area contributed by atoms with Crippen LogP contribution < -0.4 is 0 Å². The summed E-state index contributed by atoms with van der Waals surface area (Å²) in [6, 6.07) is 0. The lowest BCUT2D eigenvalue weighted by atomic mass is 9.82. The second-order valence-corrected chi connectivity index (χ2v) is 7.53. The quantitative estimate of drug-likeness (QED) is 0.712. The Bertz CT molecular complexity index is 487. The van der Waals surface area contributed by atoms with Crippen LogP contribution in [0.25, 0.3) is 0 Å². The highest BCUT2D eigenvalue weighted by molar-refractivity contribution is 6.66. The predicted molar refractivity (Wildman–Crippen MR) is 72.6 cm³/mol. The summed E-state index contributed by atoms with van der Waals surface area (Å²) in [5.74, 6) is -6.49. The zero-order valence-corrected chi connectivity index (χ0v) is 13.2. The number of halogens is 6. The lowest BCUT2D eigenvalue weighted by Gasteiger charge is -2.31. The molecule has 4 nitrogen and oxygen atoms in total. The fourth-order valence-corrected chi connectivity index (χ4v) is 5.54. The van der Waals surface area contributed by atoms with Crippen molar-refractivity contribution < 1.29 is 19.8 Å². The van der Waals surface area contributed by atoms with E-state index in [1.54, 1.807) is 0 Å². The highest BCUT2D eigenvalue weighted by Crippen LogP contribution is 2.76. The van der Waals surface area contributed by atoms with Gasteiger partial charge in [0.25, 0.3) is 0 Å². The van der Waals surface area contributed by atoms with E-state index < -0.39 is 37.9 Å². The normalized spacial score (nSPS) is 43.7. The number of carboxylic acid groups (broad SMARTS) is 2. The van der Waals surface area contributed by atoms with Gasteiger partial charge in [0.05, 0.1) is 21.9 Å². The molecule has 2 N–H and O–H groups in total. The summed E-state index contributed by atoms with van der Waals surface area (Å²) in [6.07, 6.45) is 0. The van der Waals surface area contributed by atoms with Gasteiger partial charge in [0, 0.05) is 0 Å². The molecule has 0 aromatic heterocycles. The summed E-state index contributed by atoms with van der Waals surface area (Å²) in [5.41, 5.74) is 0. The first-order valence-electron chi connectivity index (χ1n) is 4.73. The van der Waals surface area contributed by atoms with E-state index in [0.717, 1.165) is 0 Å². The Morgan fingerprint density at radius 3 is 1.32 bits per heavy atom. The second kappa shape index (κ2) is 4.21. The van der Waals surface area contributed by atoms with Crippen molar-refractivity contribution in [2.75, 3.05) is 0 Å². The van der Waals surface area contributed by atoms with Gasteiger partial charge in [-0.1, -0.05) is 46.4 Å². The molecule has 10 heteroatoms. The van der Waals surface area contributed by atoms with E-state index >= 15 is 0 Å². The zero-order valence-electron chi connectivity index (χ0n) is 8.63. The van der Waals surface area contributed by atoms with Crippen LogP contribution >= 0.6 is 69.6 Å². The Balaban J connectivity index is 2.84. The zero-order chi connectivity index (χ0) is 15.0. The van der Waals surface area contributed by atoms with Crippen LogP contribution in [0.2, 0.25) is 0 Å². The van der Waals surface area contributed by atoms with Crippen molar-refractivity contribution in [1.82, 2.24) is 0 Å². The Labute approximate surface area is 137 Å². The van der Waals surface area contributed by atoms with Crippen LogP contribution in [0.1, 0.15) is 0 Å². The van der Waals surface area contributed by atoms with Crippen LogP contribution in [0.4, 0.5) is 0 Å². The average molecular weight is 389 g/mol. The maximum Gasteiger partial charge on any atom is 0.309 e. The molecule has 0 saturated heterocycles. The number of hydrogen-bond acceptors (Lipinski definition) is 2. The molecule has 0 aromatic carbocycles. The first-order chi connectivity index (χ1) is 8.45. The van der Waals surface area contributed by atoms with E-state index in [1.165, 1.54) is 0 Å². The Kier molecular flexibility index (Phi) is 3.50. The van der Waals surface area contributed by atoms with Gasteiger partial charge in [-0.05, 0) is 0 Å². The third-order valence-electron chi connectivity index (χ3n) is 3.47. The fourth-order valence-electron chi connectivity index (χ4n) is 2.61. The number of carboxylic acids is 2. The van der Waals surface area contributed by atoms with Gasteiger partial charge in [-0.25, -0.2) is 0 Å². The number of carbonyl (C=O) groups is 2. The molecule has 2 bridgehead atoms. The summed E-state index contributed by atoms with van der Waals surface area (Å²) >= 11 is 36.2. The second-order valence-electron chi connectivity index (χ2n) is 4.26. The minimum atomic E-state index is -2.18. The number of aliphatic carboxylic acids is 2. The molecular weight excluding hydrogens is 385 g/mol. The molecular formula is C9H4Cl6O4. The van der Waals surface area contributed by atoms with Gasteiger partial charge in [-0.15, -0.1) is 23.2 Å². The summed E-state index contributed by atoms with van der Waals surface area (Å²) in [6.45, 7) is 0. The number of hydrogen-bond donors (Lipinski definition) is 2. The Morgan fingerprint density at radius 2 is 1.11 bits per heavy atom. The van der Waals surface area contributed by atoms with E-state index in [-0.39, 0.29) is 10.1 Å². The molecule has 1 unspecified atom stereocenters. The van der Waals surface area contributed by atoms with Crippen molar-refractivity contribution in [3.8, 4) is 0 Å². The minimum absolute atomic E-state index is 0.347. The Morgan fingerprint density at radius 1 is 0.842 bits per heavy atom. The molecule has 0 radical (unpaired) electrons. The van der Waals surface area contributed by atoms with Gasteiger partial charge in [-0.3, -0.25) is 9.59 Å². The minimum Gasteiger partial charge on any atom is -0.481 e. The SMILES string of the molecule is O=C(O)C1[C@H](C(=O)O)[C@@]2(Cl)C(Cl)=C(Cl)[C@@]1(Cl)C2(Cl)Cl. The lowest BCUT2D eigenvalue weighted by molar-refractivity contribution is -0.153. The van der Waals surface area contributed by atoms with Gasteiger partial charge >= 0.3 is 11.9 Å². The molecule has 19 heavy (non-hydrogen) atoms. The topological polar surface area (TPSA) is 74.6 Å². The van der Waals surface area contributed by atoms with Crippen LogP contribution in [0.15, 0.2) is 10.1 Å². The summed E-state index contributed by atoms with van der Waals surface area (Å²) in [4.78, 5) is 18.5. The van der Waals surface area contributed by atoms with E-state index in [9.17, 15) is 19.8 Å². The lowest BCUT2D eigenvalue weighted by Crippen LogP contribution is -2.45. The molecule has 0 amide bonds. The predicted octanol–water partition coefficient (Wildman–Crippen LogP) is 3.23. The third kappa shape index (κ3) is 1.46. The fraction of sp³-hybridized carbons (Fsp3) is 0.556. The summed E-state index contributed by atoms with van der Waals surface area (Å²) < 4.78 is -2.18. The molecule has 0 aliphatic heterocycles. The largest absolute Gasteiger partial charge is 0.481 e. The van der Waals surface area contributed by atoms with E-state index in [4.69, 9.17) is 69.6 Å². The molecule has 0 heterocycles. The van der Waals surface area contributed by atoms with Crippen LogP contribution in [0.3, 0.4) is 0 Å². The summed E-state index contributed by atoms with van der Waals surface area (Å²) in [7, 11) is 0. The van der Waals surface area contributed by atoms with Gasteiger partial charge in [0.1, 0.15) is 9.75 Å². The number of alkyl halides is 4. The van der Waals surface area contributed by atoms with E-state index in [2.05, 4.69) is 0 Å². The standard InChI is InChI=1S/C9H4Cl6O4/c10-3-4(11)8(13)2(6(18)19)1(5(16)17)7(3,12)9(8,14)15/h1-2H,(H,16,17)(H,18,19)/t1-,2?,7-,8-/m1/s1. The molecule has 4 atom stereocenters. The number of allylic oxidation sites excluding steroid dienone is 2. The van der Waals surface area contributed by atoms with Gasteiger partial charge < -0.3 is 10.2 Å². The first-order valence-corrected chi connectivity index (χ1v) is 7.00. The molecule has 0 aromatic rings. The van der Waals surface area contributed by atoms with Crippen LogP contribution in [-0.2, 0) is 9.59 Å². The number of fused-ring (bicyclic) bond motifs is 2. The van der Waals surface area contributed by atoms with Crippen molar-refractivity contribution in [1.29, 1.82) is 0 Å². The molecule has 1 saturated carbocycles. The molecule has 1 fully saturated rings. The van der Waals surface area contributed by atoms with Crippen molar-refractivity contribution in [2.24, 2.45) is 11.8 Å². The highest BCUT2D eigenvalue weighted by atomic mass is 35.5. The van der Waals surface area contributed by atoms with E-state index in [0.29, 0.717) is 0 Å². The molecule has 2 rings (SSSR count). The smallest absolute Gasteiger partial charge is 0.309 e. The first kappa shape index (κ1) is 15.8. The van der Waals surface area contributed by atoms with Gasteiger partial charge in [-0.2, -0.15) is 0 Å².